The van der Waals surface area contributed by atoms with Gasteiger partial charge in [0.25, 0.3) is 0 Å². The Morgan fingerprint density at radius 1 is 0.963 bits per heavy atom. The van der Waals surface area contributed by atoms with Gasteiger partial charge in [0.05, 0.1) is 12.1 Å². The van der Waals surface area contributed by atoms with Crippen molar-refractivity contribution in [3.63, 3.8) is 0 Å². The van der Waals surface area contributed by atoms with Crippen LogP contribution < -0.4 is 9.80 Å². The summed E-state index contributed by atoms with van der Waals surface area (Å²) in [6.07, 6.45) is 4.36. The maximum Gasteiger partial charge on any atom is 0.227 e. The Kier molecular flexibility index (Phi) is 5.80. The number of aliphatic hydroxyl groups excluding tert-OH is 1. The van der Waals surface area contributed by atoms with E-state index >= 15 is 0 Å². The highest BCUT2D eigenvalue weighted by molar-refractivity contribution is 5.48. The lowest BCUT2D eigenvalue weighted by Crippen LogP contribution is -2.52. The third kappa shape index (κ3) is 4.20. The number of aromatic nitrogens is 2. The van der Waals surface area contributed by atoms with E-state index in [1.807, 2.05) is 0 Å². The molecule has 3 aliphatic rings. The Hall–Kier alpha value is -1.44. The van der Waals surface area contributed by atoms with Crippen LogP contribution in [0.1, 0.15) is 31.9 Å². The smallest absolute Gasteiger partial charge is 0.227 e. The molecule has 0 aromatic carbocycles. The van der Waals surface area contributed by atoms with Crippen molar-refractivity contribution in [1.82, 2.24) is 19.8 Å². The molecule has 0 bridgehead atoms. The van der Waals surface area contributed by atoms with E-state index in [0.29, 0.717) is 6.54 Å². The molecule has 0 aliphatic carbocycles. The van der Waals surface area contributed by atoms with Crippen molar-refractivity contribution in [2.24, 2.45) is 0 Å². The van der Waals surface area contributed by atoms with Crippen molar-refractivity contribution in [1.29, 1.82) is 0 Å². The van der Waals surface area contributed by atoms with Crippen LogP contribution in [-0.4, -0.2) is 96.4 Å². The Morgan fingerprint density at radius 2 is 1.70 bits per heavy atom. The molecule has 2 atom stereocenters. The van der Waals surface area contributed by atoms with Crippen LogP contribution in [0.5, 0.6) is 0 Å². The molecule has 4 rings (SSSR count). The van der Waals surface area contributed by atoms with Crippen molar-refractivity contribution in [3.05, 3.63) is 11.8 Å². The van der Waals surface area contributed by atoms with E-state index in [2.05, 4.69) is 39.6 Å². The van der Waals surface area contributed by atoms with Gasteiger partial charge in [0.1, 0.15) is 5.82 Å². The molecular weight excluding hydrogens is 340 g/mol. The lowest BCUT2D eigenvalue weighted by atomic mass is 10.1. The van der Waals surface area contributed by atoms with Gasteiger partial charge in [0, 0.05) is 64.1 Å². The molecule has 150 valence electrons. The molecule has 27 heavy (non-hydrogen) atoms. The van der Waals surface area contributed by atoms with E-state index in [-0.39, 0.29) is 12.1 Å². The van der Waals surface area contributed by atoms with Crippen LogP contribution in [0.15, 0.2) is 6.07 Å². The molecule has 3 saturated heterocycles. The second kappa shape index (κ2) is 8.29. The minimum absolute atomic E-state index is 0.206. The normalized spacial score (nSPS) is 28.1. The van der Waals surface area contributed by atoms with Gasteiger partial charge in [-0.1, -0.05) is 6.92 Å². The zero-order valence-corrected chi connectivity index (χ0v) is 16.8. The minimum atomic E-state index is -0.313. The molecular formula is C20H34N6O. The molecule has 7 nitrogen and oxygen atoms in total. The van der Waals surface area contributed by atoms with E-state index < -0.39 is 0 Å². The second-order valence-electron chi connectivity index (χ2n) is 8.30. The number of piperazine rings is 1. The second-order valence-corrected chi connectivity index (χ2v) is 8.30. The lowest BCUT2D eigenvalue weighted by Gasteiger charge is -2.37. The molecule has 0 radical (unpaired) electrons. The van der Waals surface area contributed by atoms with Crippen LogP contribution in [0, 0.1) is 0 Å². The minimum Gasteiger partial charge on any atom is -0.390 e. The van der Waals surface area contributed by atoms with Crippen molar-refractivity contribution in [2.75, 3.05) is 69.2 Å². The molecule has 1 N–H and O–H groups in total. The number of β-amino-alcohol motifs (C(OH)–C–C–N with tert-alkyl or cyclic N) is 1. The molecule has 4 heterocycles. The van der Waals surface area contributed by atoms with Crippen LogP contribution in [0.25, 0.3) is 0 Å². The molecule has 0 saturated carbocycles. The summed E-state index contributed by atoms with van der Waals surface area (Å²) in [5.41, 5.74) is 1.10. The highest BCUT2D eigenvalue weighted by Gasteiger charge is 2.37. The summed E-state index contributed by atoms with van der Waals surface area (Å²) in [6, 6.07) is 2.32. The van der Waals surface area contributed by atoms with Gasteiger partial charge in [-0.3, -0.25) is 4.90 Å². The first kappa shape index (κ1) is 18.9. The van der Waals surface area contributed by atoms with E-state index in [1.165, 1.54) is 19.3 Å². The maximum absolute atomic E-state index is 10.7. The Morgan fingerprint density at radius 3 is 2.41 bits per heavy atom. The van der Waals surface area contributed by atoms with E-state index in [4.69, 9.17) is 9.97 Å². The van der Waals surface area contributed by atoms with Gasteiger partial charge in [-0.25, -0.2) is 4.98 Å². The van der Waals surface area contributed by atoms with Crippen LogP contribution in [-0.2, 0) is 6.42 Å². The van der Waals surface area contributed by atoms with Gasteiger partial charge in [0.15, 0.2) is 0 Å². The maximum atomic E-state index is 10.7. The van der Waals surface area contributed by atoms with E-state index in [9.17, 15) is 5.11 Å². The molecule has 3 aliphatic heterocycles. The van der Waals surface area contributed by atoms with Gasteiger partial charge in [-0.05, 0) is 32.7 Å². The number of nitrogens with zero attached hydrogens (tertiary/aromatic N) is 6. The quantitative estimate of drug-likeness (QED) is 0.837. The monoisotopic (exact) mass is 374 g/mol. The summed E-state index contributed by atoms with van der Waals surface area (Å²) in [5, 5.41) is 10.7. The van der Waals surface area contributed by atoms with Crippen LogP contribution in [0.3, 0.4) is 0 Å². The number of rotatable bonds is 4. The Labute approximate surface area is 163 Å². The fourth-order valence-corrected chi connectivity index (χ4v) is 4.52. The predicted molar refractivity (Wildman–Crippen MR) is 109 cm³/mol. The van der Waals surface area contributed by atoms with Gasteiger partial charge < -0.3 is 19.8 Å². The standard InChI is InChI=1S/C20H34N6O/c1-3-16-13-19(22-20(21-16)25-7-5-4-6-8-25)26-14-17(18(27)15-26)24-11-9-23(2)10-12-24/h13,17-18,27H,3-12,14-15H2,1-2H3/t17-,18-/m1/s1. The Balaban J connectivity index is 1.50. The molecule has 0 amide bonds. The number of likely N-dealkylation sites (N-methyl/N-ethyl adjacent to an activating group) is 1. The third-order valence-corrected chi connectivity index (χ3v) is 6.34. The summed E-state index contributed by atoms with van der Waals surface area (Å²) in [6.45, 7) is 10.0. The number of hydrogen-bond acceptors (Lipinski definition) is 7. The van der Waals surface area contributed by atoms with Crippen LogP contribution >= 0.6 is 0 Å². The predicted octanol–water partition coefficient (Wildman–Crippen LogP) is 0.826. The van der Waals surface area contributed by atoms with Gasteiger partial charge in [-0.15, -0.1) is 0 Å². The highest BCUT2D eigenvalue weighted by Crippen LogP contribution is 2.26. The molecule has 7 heteroatoms. The molecule has 3 fully saturated rings. The van der Waals surface area contributed by atoms with Crippen molar-refractivity contribution in [2.45, 2.75) is 44.8 Å². The van der Waals surface area contributed by atoms with E-state index in [1.54, 1.807) is 0 Å². The highest BCUT2D eigenvalue weighted by atomic mass is 16.3. The SMILES string of the molecule is CCc1cc(N2C[C@@H](O)[C@H](N3CCN(C)CC3)C2)nc(N2CCCCC2)n1. The first-order chi connectivity index (χ1) is 13.1. The summed E-state index contributed by atoms with van der Waals surface area (Å²) in [7, 11) is 2.17. The van der Waals surface area contributed by atoms with Crippen LogP contribution in [0.2, 0.25) is 0 Å². The number of aryl methyl sites for hydroxylation is 1. The summed E-state index contributed by atoms with van der Waals surface area (Å²) >= 11 is 0. The number of piperidine rings is 1. The van der Waals surface area contributed by atoms with E-state index in [0.717, 1.165) is 69.7 Å². The zero-order chi connectivity index (χ0) is 18.8. The summed E-state index contributed by atoms with van der Waals surface area (Å²) in [5.74, 6) is 1.86. The van der Waals surface area contributed by atoms with Crippen LogP contribution in [0.4, 0.5) is 11.8 Å². The van der Waals surface area contributed by atoms with Gasteiger partial charge in [0.2, 0.25) is 5.95 Å². The third-order valence-electron chi connectivity index (χ3n) is 6.34. The van der Waals surface area contributed by atoms with Crippen molar-refractivity contribution < 1.29 is 5.11 Å². The number of aliphatic hydroxyl groups is 1. The fourth-order valence-electron chi connectivity index (χ4n) is 4.52. The molecule has 1 aromatic rings. The van der Waals surface area contributed by atoms with Gasteiger partial charge >= 0.3 is 0 Å². The number of hydrogen-bond donors (Lipinski definition) is 1. The average Bonchev–Trinajstić information content (AvgIpc) is 3.10. The van der Waals surface area contributed by atoms with Crippen molar-refractivity contribution in [3.8, 4) is 0 Å². The molecule has 1 aromatic heterocycles. The molecule has 0 spiro atoms. The Bertz CT molecular complexity index is 627. The topological polar surface area (TPSA) is 59.0 Å². The molecule has 0 unspecified atom stereocenters. The first-order valence-electron chi connectivity index (χ1n) is 10.6. The summed E-state index contributed by atoms with van der Waals surface area (Å²) in [4.78, 5) is 19.1. The van der Waals surface area contributed by atoms with Crippen molar-refractivity contribution >= 4 is 11.8 Å². The average molecular weight is 375 g/mol. The number of anilines is 2. The van der Waals surface area contributed by atoms with Gasteiger partial charge in [-0.2, -0.15) is 4.98 Å². The first-order valence-corrected chi connectivity index (χ1v) is 10.6. The lowest BCUT2D eigenvalue weighted by molar-refractivity contribution is 0.0512. The largest absolute Gasteiger partial charge is 0.390 e. The zero-order valence-electron chi connectivity index (χ0n) is 16.8. The summed E-state index contributed by atoms with van der Waals surface area (Å²) < 4.78 is 0. The fraction of sp³-hybridized carbons (Fsp3) is 0.800.